The number of aromatic amines is 1. The van der Waals surface area contributed by atoms with Gasteiger partial charge in [-0.15, -0.1) is 0 Å². The third-order valence-electron chi connectivity index (χ3n) is 1.71. The molecule has 13 heavy (non-hydrogen) atoms. The summed E-state index contributed by atoms with van der Waals surface area (Å²) in [5.41, 5.74) is 5.74. The number of aromatic nitrogens is 2. The number of rotatable bonds is 2. The van der Waals surface area contributed by atoms with Gasteiger partial charge >= 0.3 is 6.03 Å². The lowest BCUT2D eigenvalue weighted by molar-refractivity contribution is -0.0731. The largest absolute Gasteiger partial charge is 0.350 e. The SMILES string of the molecule is Cc1cnc(C(C)N(O)C(N)=O)[nH]1. The van der Waals surface area contributed by atoms with E-state index >= 15 is 0 Å². The first-order valence-electron chi connectivity index (χ1n) is 3.81. The van der Waals surface area contributed by atoms with Gasteiger partial charge in [0.1, 0.15) is 11.9 Å². The maximum Gasteiger partial charge on any atom is 0.339 e. The third-order valence-corrected chi connectivity index (χ3v) is 1.71. The smallest absolute Gasteiger partial charge is 0.339 e. The highest BCUT2D eigenvalue weighted by molar-refractivity contribution is 5.70. The Bertz CT molecular complexity index is 309. The minimum Gasteiger partial charge on any atom is -0.350 e. The zero-order valence-electron chi connectivity index (χ0n) is 7.48. The van der Waals surface area contributed by atoms with Crippen LogP contribution in [0.4, 0.5) is 4.79 Å². The predicted molar refractivity (Wildman–Crippen MR) is 44.9 cm³/mol. The quantitative estimate of drug-likeness (QED) is 0.462. The number of hydroxylamine groups is 2. The van der Waals surface area contributed by atoms with Gasteiger partial charge in [0, 0.05) is 11.9 Å². The molecule has 0 aliphatic carbocycles. The number of urea groups is 1. The Morgan fingerprint density at radius 3 is 2.85 bits per heavy atom. The van der Waals surface area contributed by atoms with Crippen LogP contribution in [-0.4, -0.2) is 26.3 Å². The Morgan fingerprint density at radius 1 is 1.85 bits per heavy atom. The maximum atomic E-state index is 10.6. The molecule has 0 bridgehead atoms. The van der Waals surface area contributed by atoms with Crippen LogP contribution in [0.3, 0.4) is 0 Å². The van der Waals surface area contributed by atoms with Crippen LogP contribution < -0.4 is 5.73 Å². The molecule has 0 aliphatic rings. The van der Waals surface area contributed by atoms with Gasteiger partial charge in [-0.2, -0.15) is 5.06 Å². The molecule has 0 saturated carbocycles. The van der Waals surface area contributed by atoms with Gasteiger partial charge in [-0.25, -0.2) is 9.78 Å². The van der Waals surface area contributed by atoms with Crippen molar-refractivity contribution < 1.29 is 10.0 Å². The molecule has 0 aromatic carbocycles. The molecule has 6 heteroatoms. The van der Waals surface area contributed by atoms with Crippen LogP contribution >= 0.6 is 0 Å². The highest BCUT2D eigenvalue weighted by Crippen LogP contribution is 2.13. The number of nitrogens with one attached hydrogen (secondary N) is 1. The number of nitrogens with zero attached hydrogens (tertiary/aromatic N) is 2. The second-order valence-electron chi connectivity index (χ2n) is 2.81. The summed E-state index contributed by atoms with van der Waals surface area (Å²) in [5, 5.41) is 9.59. The van der Waals surface area contributed by atoms with E-state index in [0.29, 0.717) is 10.9 Å². The zero-order chi connectivity index (χ0) is 10.0. The number of carbonyl (C=O) groups is 1. The number of hydrogen-bond donors (Lipinski definition) is 3. The molecule has 1 heterocycles. The molecule has 4 N–H and O–H groups in total. The fraction of sp³-hybridized carbons (Fsp3) is 0.429. The minimum absolute atomic E-state index is 0.429. The molecule has 0 spiro atoms. The highest BCUT2D eigenvalue weighted by Gasteiger charge is 2.19. The van der Waals surface area contributed by atoms with Crippen LogP contribution in [0.15, 0.2) is 6.20 Å². The van der Waals surface area contributed by atoms with Crippen molar-refractivity contribution >= 4 is 6.03 Å². The summed E-state index contributed by atoms with van der Waals surface area (Å²) in [6.07, 6.45) is 1.61. The standard InChI is InChI=1S/C7H12N4O2/c1-4-3-9-6(10-4)5(2)11(13)7(8)12/h3,5,13H,1-2H3,(H2,8,12)(H,9,10). The van der Waals surface area contributed by atoms with Gasteiger partial charge in [0.05, 0.1) is 0 Å². The summed E-state index contributed by atoms with van der Waals surface area (Å²) in [5.74, 6) is 0.499. The van der Waals surface area contributed by atoms with E-state index in [4.69, 9.17) is 10.9 Å². The number of nitrogens with two attached hydrogens (primary N) is 1. The van der Waals surface area contributed by atoms with Crippen LogP contribution in [0.25, 0.3) is 0 Å². The monoisotopic (exact) mass is 184 g/mol. The van der Waals surface area contributed by atoms with Crippen molar-refractivity contribution in [3.8, 4) is 0 Å². The predicted octanol–water partition coefficient (Wildman–Crippen LogP) is 0.549. The van der Waals surface area contributed by atoms with Crippen LogP contribution in [-0.2, 0) is 0 Å². The third kappa shape index (κ3) is 1.97. The maximum absolute atomic E-state index is 10.6. The summed E-state index contributed by atoms with van der Waals surface area (Å²) in [6, 6.07) is -1.47. The van der Waals surface area contributed by atoms with E-state index in [1.54, 1.807) is 13.1 Å². The van der Waals surface area contributed by atoms with Crippen molar-refractivity contribution in [1.29, 1.82) is 0 Å². The van der Waals surface area contributed by atoms with Crippen LogP contribution in [0.5, 0.6) is 0 Å². The molecule has 1 rings (SSSR count). The highest BCUT2D eigenvalue weighted by atomic mass is 16.5. The number of imidazole rings is 1. The molecule has 6 nitrogen and oxygen atoms in total. The van der Waals surface area contributed by atoms with E-state index in [-0.39, 0.29) is 0 Å². The fourth-order valence-corrected chi connectivity index (χ4v) is 0.952. The zero-order valence-corrected chi connectivity index (χ0v) is 7.48. The van der Waals surface area contributed by atoms with E-state index < -0.39 is 12.1 Å². The molecule has 1 atom stereocenters. The lowest BCUT2D eigenvalue weighted by Crippen LogP contribution is -2.35. The molecule has 1 unspecified atom stereocenters. The van der Waals surface area contributed by atoms with Crippen LogP contribution in [0, 0.1) is 6.92 Å². The average molecular weight is 184 g/mol. The second-order valence-corrected chi connectivity index (χ2v) is 2.81. The Labute approximate surface area is 75.3 Å². The van der Waals surface area contributed by atoms with Gasteiger partial charge in [-0.1, -0.05) is 0 Å². The van der Waals surface area contributed by atoms with E-state index in [9.17, 15) is 4.79 Å². The molecular weight excluding hydrogens is 172 g/mol. The number of aryl methyl sites for hydroxylation is 1. The summed E-state index contributed by atoms with van der Waals surface area (Å²) in [6.45, 7) is 3.44. The lowest BCUT2D eigenvalue weighted by atomic mass is 10.3. The van der Waals surface area contributed by atoms with Gasteiger partial charge in [-0.05, 0) is 13.8 Å². The normalized spacial score (nSPS) is 12.5. The second kappa shape index (κ2) is 3.44. The van der Waals surface area contributed by atoms with Gasteiger partial charge in [0.25, 0.3) is 0 Å². The Kier molecular flexibility index (Phi) is 2.52. The van der Waals surface area contributed by atoms with Gasteiger partial charge in [-0.3, -0.25) is 5.21 Å². The molecule has 0 fully saturated rings. The van der Waals surface area contributed by atoms with Gasteiger partial charge in [0.2, 0.25) is 0 Å². The van der Waals surface area contributed by atoms with Crippen molar-refractivity contribution in [2.45, 2.75) is 19.9 Å². The molecule has 1 aromatic rings. The topological polar surface area (TPSA) is 95.2 Å². The van der Waals surface area contributed by atoms with Crippen molar-refractivity contribution in [3.63, 3.8) is 0 Å². The fourth-order valence-electron chi connectivity index (χ4n) is 0.952. The summed E-state index contributed by atoms with van der Waals surface area (Å²) in [4.78, 5) is 17.4. The number of hydrogen-bond acceptors (Lipinski definition) is 3. The van der Waals surface area contributed by atoms with Gasteiger partial charge < -0.3 is 10.7 Å². The Hall–Kier alpha value is -1.56. The summed E-state index contributed by atoms with van der Waals surface area (Å²) in [7, 11) is 0. The summed E-state index contributed by atoms with van der Waals surface area (Å²) < 4.78 is 0. The molecule has 1 aromatic heterocycles. The Morgan fingerprint density at radius 2 is 2.46 bits per heavy atom. The molecule has 72 valence electrons. The first-order chi connectivity index (χ1) is 6.02. The van der Waals surface area contributed by atoms with Crippen molar-refractivity contribution in [3.05, 3.63) is 17.7 Å². The number of H-pyrrole nitrogens is 1. The van der Waals surface area contributed by atoms with E-state index in [1.165, 1.54) is 0 Å². The van der Waals surface area contributed by atoms with E-state index in [2.05, 4.69) is 9.97 Å². The van der Waals surface area contributed by atoms with E-state index in [0.717, 1.165) is 5.69 Å². The van der Waals surface area contributed by atoms with Crippen LogP contribution in [0.2, 0.25) is 0 Å². The van der Waals surface area contributed by atoms with Crippen molar-refractivity contribution in [2.24, 2.45) is 5.73 Å². The number of amides is 2. The molecule has 2 amide bonds. The lowest BCUT2D eigenvalue weighted by Gasteiger charge is -2.17. The average Bonchev–Trinajstić information content (AvgIpc) is 2.49. The summed E-state index contributed by atoms with van der Waals surface area (Å²) >= 11 is 0. The van der Waals surface area contributed by atoms with Crippen molar-refractivity contribution in [2.75, 3.05) is 0 Å². The molecule has 0 saturated heterocycles. The molecule has 0 aliphatic heterocycles. The molecule has 0 radical (unpaired) electrons. The van der Waals surface area contributed by atoms with Gasteiger partial charge in [0.15, 0.2) is 0 Å². The Balaban J connectivity index is 2.78. The number of carbonyl (C=O) groups excluding carboxylic acids is 1. The van der Waals surface area contributed by atoms with E-state index in [1.807, 2.05) is 6.92 Å². The first kappa shape index (κ1) is 9.53. The van der Waals surface area contributed by atoms with Crippen molar-refractivity contribution in [1.82, 2.24) is 15.0 Å². The molecular formula is C7H12N4O2. The number of primary amides is 1. The minimum atomic E-state index is -0.901. The first-order valence-corrected chi connectivity index (χ1v) is 3.81. The van der Waals surface area contributed by atoms with Crippen LogP contribution in [0.1, 0.15) is 24.5 Å².